The molecule has 6 atom stereocenters. The minimum atomic E-state index is -0.138. The first kappa shape index (κ1) is 14.5. The van der Waals surface area contributed by atoms with Crippen LogP contribution in [-0.2, 0) is 4.74 Å². The molecule has 0 bridgehead atoms. The molecule has 0 spiro atoms. The molecule has 3 nitrogen and oxygen atoms in total. The Labute approximate surface area is 132 Å². The molecule has 3 aliphatic carbocycles. The lowest BCUT2D eigenvalue weighted by molar-refractivity contribution is -0.0432. The Kier molecular flexibility index (Phi) is 3.28. The second kappa shape index (κ2) is 4.97. The van der Waals surface area contributed by atoms with Gasteiger partial charge in [0.15, 0.2) is 0 Å². The van der Waals surface area contributed by atoms with Gasteiger partial charge in [0.1, 0.15) is 5.75 Å². The van der Waals surface area contributed by atoms with Gasteiger partial charge in [0.2, 0.25) is 0 Å². The molecule has 0 amide bonds. The Balaban J connectivity index is 1.76. The van der Waals surface area contributed by atoms with E-state index in [0.29, 0.717) is 23.5 Å². The molecule has 0 saturated heterocycles. The zero-order valence-corrected chi connectivity index (χ0v) is 13.5. The molecule has 22 heavy (non-hydrogen) atoms. The van der Waals surface area contributed by atoms with Gasteiger partial charge in [0.05, 0.1) is 12.2 Å². The number of hydrogen-bond acceptors (Lipinski definition) is 3. The maximum absolute atomic E-state index is 10.5. The fourth-order valence-electron chi connectivity index (χ4n) is 5.75. The number of methoxy groups -OCH3 is 1. The Morgan fingerprint density at radius 2 is 2.00 bits per heavy atom. The normalized spacial score (nSPS) is 43.3. The fourth-order valence-corrected chi connectivity index (χ4v) is 5.75. The molecule has 3 heteroatoms. The largest absolute Gasteiger partial charge is 0.508 e. The summed E-state index contributed by atoms with van der Waals surface area (Å²) in [6.45, 7) is 2.29. The van der Waals surface area contributed by atoms with E-state index in [1.165, 1.54) is 11.1 Å². The van der Waals surface area contributed by atoms with Crippen molar-refractivity contribution in [3.63, 3.8) is 0 Å². The molecule has 1 unspecified atom stereocenters. The number of aliphatic hydroxyl groups is 1. The summed E-state index contributed by atoms with van der Waals surface area (Å²) in [6, 6.07) is 5.80. The standard InChI is InChI=1S/C19H26O3/c1-19-8-7-13-12-4-3-11(20)9-15(12)17(22-2)10-14(13)16(19)5-6-18(19)21/h3-4,9,13-14,16-18,20-21H,5-8,10H2,1-2H3/t13-,14-,16+,17?,18-,19+/m1/s1. The summed E-state index contributed by atoms with van der Waals surface area (Å²) in [5, 5.41) is 20.3. The van der Waals surface area contributed by atoms with Gasteiger partial charge in [-0.05, 0) is 78.5 Å². The molecule has 0 heterocycles. The molecule has 0 aromatic heterocycles. The summed E-state index contributed by atoms with van der Waals surface area (Å²) in [7, 11) is 1.77. The van der Waals surface area contributed by atoms with E-state index in [2.05, 4.69) is 13.0 Å². The van der Waals surface area contributed by atoms with Crippen molar-refractivity contribution in [2.75, 3.05) is 7.11 Å². The molecule has 120 valence electrons. The van der Waals surface area contributed by atoms with E-state index in [9.17, 15) is 10.2 Å². The highest BCUT2D eigenvalue weighted by Gasteiger charge is 2.55. The number of aromatic hydroxyl groups is 1. The molecule has 2 N–H and O–H groups in total. The smallest absolute Gasteiger partial charge is 0.115 e. The number of phenols is 1. The predicted octanol–water partition coefficient (Wildman–Crippen LogP) is 3.75. The Bertz CT molecular complexity index is 584. The van der Waals surface area contributed by atoms with E-state index in [1.807, 2.05) is 12.1 Å². The van der Waals surface area contributed by atoms with Crippen LogP contribution < -0.4 is 0 Å². The molecular formula is C19H26O3. The Hall–Kier alpha value is -1.06. The van der Waals surface area contributed by atoms with Crippen molar-refractivity contribution in [2.24, 2.45) is 17.3 Å². The second-order valence-corrected chi connectivity index (χ2v) is 7.79. The van der Waals surface area contributed by atoms with Crippen LogP contribution in [0.5, 0.6) is 5.75 Å². The van der Waals surface area contributed by atoms with Crippen LogP contribution in [0.3, 0.4) is 0 Å². The summed E-state index contributed by atoms with van der Waals surface area (Å²) >= 11 is 0. The van der Waals surface area contributed by atoms with Crippen LogP contribution in [-0.4, -0.2) is 23.4 Å². The van der Waals surface area contributed by atoms with Crippen molar-refractivity contribution in [3.8, 4) is 5.75 Å². The third-order valence-electron chi connectivity index (χ3n) is 6.97. The number of aliphatic hydroxyl groups excluding tert-OH is 1. The van der Waals surface area contributed by atoms with Gasteiger partial charge in [0.25, 0.3) is 0 Å². The highest BCUT2D eigenvalue weighted by molar-refractivity contribution is 5.41. The number of hydrogen-bond donors (Lipinski definition) is 2. The summed E-state index contributed by atoms with van der Waals surface area (Å²) in [5.74, 6) is 2.08. The lowest BCUT2D eigenvalue weighted by Gasteiger charge is -2.51. The van der Waals surface area contributed by atoms with E-state index < -0.39 is 0 Å². The van der Waals surface area contributed by atoms with E-state index >= 15 is 0 Å². The quantitative estimate of drug-likeness (QED) is 0.830. The highest BCUT2D eigenvalue weighted by Crippen LogP contribution is 2.62. The topological polar surface area (TPSA) is 49.7 Å². The average molecular weight is 302 g/mol. The van der Waals surface area contributed by atoms with E-state index in [-0.39, 0.29) is 17.6 Å². The van der Waals surface area contributed by atoms with E-state index in [1.54, 1.807) is 7.11 Å². The summed E-state index contributed by atoms with van der Waals surface area (Å²) in [6.07, 6.45) is 5.29. The maximum atomic E-state index is 10.5. The number of rotatable bonds is 1. The molecular weight excluding hydrogens is 276 g/mol. The molecule has 1 aromatic rings. The van der Waals surface area contributed by atoms with Gasteiger partial charge < -0.3 is 14.9 Å². The van der Waals surface area contributed by atoms with Crippen molar-refractivity contribution in [2.45, 2.75) is 57.2 Å². The van der Waals surface area contributed by atoms with Crippen LogP contribution in [0.4, 0.5) is 0 Å². The number of ether oxygens (including phenoxy) is 1. The molecule has 0 aliphatic heterocycles. The fraction of sp³-hybridized carbons (Fsp3) is 0.684. The van der Waals surface area contributed by atoms with Crippen molar-refractivity contribution >= 4 is 0 Å². The number of phenolic OH excluding ortho intramolecular Hbond substituents is 1. The van der Waals surface area contributed by atoms with Crippen molar-refractivity contribution in [3.05, 3.63) is 29.3 Å². The minimum absolute atomic E-state index is 0.0726. The van der Waals surface area contributed by atoms with Crippen LogP contribution in [0.15, 0.2) is 18.2 Å². The van der Waals surface area contributed by atoms with Gasteiger partial charge in [-0.25, -0.2) is 0 Å². The van der Waals surface area contributed by atoms with Crippen molar-refractivity contribution in [1.29, 1.82) is 0 Å². The average Bonchev–Trinajstić information content (AvgIpc) is 2.82. The van der Waals surface area contributed by atoms with Crippen molar-refractivity contribution < 1.29 is 14.9 Å². The van der Waals surface area contributed by atoms with E-state index in [4.69, 9.17) is 4.74 Å². The SMILES string of the molecule is COC1C[C@@H]2[C@H](CC[C@]3(C)[C@H](O)CC[C@@H]23)c2ccc(O)cc21. The van der Waals surface area contributed by atoms with Crippen LogP contribution in [0.1, 0.15) is 62.2 Å². The Morgan fingerprint density at radius 3 is 2.77 bits per heavy atom. The summed E-state index contributed by atoms with van der Waals surface area (Å²) in [4.78, 5) is 0. The summed E-state index contributed by atoms with van der Waals surface area (Å²) in [5.41, 5.74) is 2.63. The highest BCUT2D eigenvalue weighted by atomic mass is 16.5. The number of fused-ring (bicyclic) bond motifs is 5. The third-order valence-corrected chi connectivity index (χ3v) is 6.97. The van der Waals surface area contributed by atoms with Crippen LogP contribution in [0.2, 0.25) is 0 Å². The predicted molar refractivity (Wildman–Crippen MR) is 84.8 cm³/mol. The molecule has 2 fully saturated rings. The van der Waals surface area contributed by atoms with Gasteiger partial charge in [-0.2, -0.15) is 0 Å². The molecule has 0 radical (unpaired) electrons. The van der Waals surface area contributed by atoms with Crippen LogP contribution in [0.25, 0.3) is 0 Å². The zero-order chi connectivity index (χ0) is 15.5. The first-order chi connectivity index (χ1) is 10.5. The van der Waals surface area contributed by atoms with Crippen LogP contribution in [0, 0.1) is 17.3 Å². The lowest BCUT2D eigenvalue weighted by Crippen LogP contribution is -2.44. The molecule has 1 aromatic carbocycles. The maximum Gasteiger partial charge on any atom is 0.115 e. The van der Waals surface area contributed by atoms with Gasteiger partial charge in [-0.1, -0.05) is 13.0 Å². The first-order valence-corrected chi connectivity index (χ1v) is 8.58. The second-order valence-electron chi connectivity index (χ2n) is 7.79. The van der Waals surface area contributed by atoms with Gasteiger partial charge in [0, 0.05) is 7.11 Å². The van der Waals surface area contributed by atoms with Gasteiger partial charge in [-0.3, -0.25) is 0 Å². The molecule has 3 aliphatic rings. The molecule has 4 rings (SSSR count). The summed E-state index contributed by atoms with van der Waals surface area (Å²) < 4.78 is 5.76. The van der Waals surface area contributed by atoms with Gasteiger partial charge in [-0.15, -0.1) is 0 Å². The zero-order valence-electron chi connectivity index (χ0n) is 13.5. The van der Waals surface area contributed by atoms with Crippen molar-refractivity contribution in [1.82, 2.24) is 0 Å². The van der Waals surface area contributed by atoms with Crippen LogP contribution >= 0.6 is 0 Å². The third kappa shape index (κ3) is 1.88. The minimum Gasteiger partial charge on any atom is -0.508 e. The van der Waals surface area contributed by atoms with E-state index in [0.717, 1.165) is 32.1 Å². The Morgan fingerprint density at radius 1 is 1.18 bits per heavy atom. The molecule has 2 saturated carbocycles. The number of benzene rings is 1. The first-order valence-electron chi connectivity index (χ1n) is 8.58. The monoisotopic (exact) mass is 302 g/mol. The van der Waals surface area contributed by atoms with Gasteiger partial charge >= 0.3 is 0 Å². The lowest BCUT2D eigenvalue weighted by atomic mass is 9.55.